The highest BCUT2D eigenvalue weighted by atomic mass is 32.2. The number of anilines is 1. The van der Waals surface area contributed by atoms with Crippen LogP contribution < -0.4 is 5.32 Å². The molecular formula is C22H17N5OS2. The van der Waals surface area contributed by atoms with E-state index in [1.165, 1.54) is 11.8 Å². The zero-order chi connectivity index (χ0) is 20.9. The van der Waals surface area contributed by atoms with Crippen molar-refractivity contribution < 1.29 is 4.79 Å². The first-order valence-corrected chi connectivity index (χ1v) is 10.9. The van der Waals surface area contributed by atoms with Crippen molar-refractivity contribution in [3.8, 4) is 22.5 Å². The first-order valence-electron chi connectivity index (χ1n) is 9.18. The summed E-state index contributed by atoms with van der Waals surface area (Å²) >= 11 is 2.91. The van der Waals surface area contributed by atoms with E-state index < -0.39 is 5.25 Å². The molecule has 0 aliphatic heterocycles. The number of thioether (sulfide) groups is 1. The van der Waals surface area contributed by atoms with Crippen molar-refractivity contribution in [2.75, 3.05) is 5.32 Å². The van der Waals surface area contributed by atoms with Gasteiger partial charge in [-0.05, 0) is 42.6 Å². The van der Waals surface area contributed by atoms with Gasteiger partial charge in [-0.2, -0.15) is 5.26 Å². The number of benzene rings is 2. The highest BCUT2D eigenvalue weighted by Crippen LogP contribution is 2.32. The van der Waals surface area contributed by atoms with Gasteiger partial charge < -0.3 is 5.32 Å². The Kier molecular flexibility index (Phi) is 5.93. The van der Waals surface area contributed by atoms with Gasteiger partial charge in [0.15, 0.2) is 11.0 Å². The fraction of sp³-hybridized carbons (Fsp3) is 0.0909. The lowest BCUT2D eigenvalue weighted by Gasteiger charge is -2.14. The van der Waals surface area contributed by atoms with Gasteiger partial charge in [0.2, 0.25) is 5.91 Å². The zero-order valence-corrected chi connectivity index (χ0v) is 17.7. The summed E-state index contributed by atoms with van der Waals surface area (Å²) in [6.45, 7) is 1.81. The van der Waals surface area contributed by atoms with Crippen LogP contribution in [0.15, 0.2) is 77.3 Å². The maximum atomic E-state index is 12.8. The molecule has 0 radical (unpaired) electrons. The Morgan fingerprint density at radius 2 is 1.87 bits per heavy atom. The molecule has 4 rings (SSSR count). The molecule has 2 heterocycles. The molecule has 1 amide bonds. The third-order valence-electron chi connectivity index (χ3n) is 4.35. The summed E-state index contributed by atoms with van der Waals surface area (Å²) in [5.41, 5.74) is 1.85. The van der Waals surface area contributed by atoms with Crippen molar-refractivity contribution >= 4 is 34.7 Å². The van der Waals surface area contributed by atoms with Crippen LogP contribution in [0.4, 0.5) is 5.69 Å². The summed E-state index contributed by atoms with van der Waals surface area (Å²) in [5, 5.41) is 23.0. The van der Waals surface area contributed by atoms with Gasteiger partial charge in [0.05, 0.1) is 21.4 Å². The molecule has 2 aromatic carbocycles. The van der Waals surface area contributed by atoms with Crippen molar-refractivity contribution in [2.24, 2.45) is 0 Å². The molecule has 1 N–H and O–H groups in total. The maximum absolute atomic E-state index is 12.8. The number of nitrogens with one attached hydrogen (secondary N) is 1. The summed E-state index contributed by atoms with van der Waals surface area (Å²) in [7, 11) is 0. The van der Waals surface area contributed by atoms with Crippen LogP contribution in [0.25, 0.3) is 16.4 Å². The molecule has 0 saturated carbocycles. The highest BCUT2D eigenvalue weighted by molar-refractivity contribution is 8.00. The van der Waals surface area contributed by atoms with Crippen molar-refractivity contribution in [3.05, 3.63) is 77.7 Å². The molecule has 0 spiro atoms. The normalized spacial score (nSPS) is 11.6. The number of nitrogens with zero attached hydrogens (tertiary/aromatic N) is 4. The molecular weight excluding hydrogens is 414 g/mol. The van der Waals surface area contributed by atoms with Crippen LogP contribution in [0.1, 0.15) is 12.5 Å². The molecule has 0 fully saturated rings. The molecule has 6 nitrogen and oxygen atoms in total. The van der Waals surface area contributed by atoms with Crippen LogP contribution in [-0.2, 0) is 4.79 Å². The molecule has 1 unspecified atom stereocenters. The van der Waals surface area contributed by atoms with E-state index in [2.05, 4.69) is 21.6 Å². The van der Waals surface area contributed by atoms with Crippen LogP contribution in [0.2, 0.25) is 0 Å². The topological polar surface area (TPSA) is 83.6 Å². The second-order valence-electron chi connectivity index (χ2n) is 6.36. The number of carbonyl (C=O) groups excluding carboxylic acids is 1. The van der Waals surface area contributed by atoms with Gasteiger partial charge in [-0.15, -0.1) is 21.5 Å². The first kappa shape index (κ1) is 19.9. The van der Waals surface area contributed by atoms with E-state index in [0.717, 1.165) is 16.4 Å². The minimum Gasteiger partial charge on any atom is -0.324 e. The third-order valence-corrected chi connectivity index (χ3v) is 6.25. The second kappa shape index (κ2) is 8.95. The van der Waals surface area contributed by atoms with Crippen LogP contribution in [0.5, 0.6) is 0 Å². The molecule has 0 saturated heterocycles. The number of amides is 1. The quantitative estimate of drug-likeness (QED) is 0.435. The summed E-state index contributed by atoms with van der Waals surface area (Å²) in [5.74, 6) is 0.532. The minimum atomic E-state index is -0.445. The number of para-hydroxylation sites is 2. The Morgan fingerprint density at radius 1 is 1.10 bits per heavy atom. The summed E-state index contributed by atoms with van der Waals surface area (Å²) in [6.07, 6.45) is 0. The lowest BCUT2D eigenvalue weighted by Crippen LogP contribution is -2.23. The summed E-state index contributed by atoms with van der Waals surface area (Å²) in [4.78, 5) is 13.8. The molecule has 4 aromatic rings. The van der Waals surface area contributed by atoms with Gasteiger partial charge >= 0.3 is 0 Å². The predicted molar refractivity (Wildman–Crippen MR) is 120 cm³/mol. The fourth-order valence-corrected chi connectivity index (χ4v) is 4.42. The SMILES string of the molecule is CC(Sc1nnc(-c2cccs2)n1-c1ccccc1)C(=O)Nc1ccccc1C#N. The monoisotopic (exact) mass is 431 g/mol. The predicted octanol–water partition coefficient (Wildman–Crippen LogP) is 4.99. The Labute approximate surface area is 182 Å². The van der Waals surface area contributed by atoms with Crippen LogP contribution >= 0.6 is 23.1 Å². The minimum absolute atomic E-state index is 0.206. The van der Waals surface area contributed by atoms with Gasteiger partial charge in [-0.1, -0.05) is 48.2 Å². The molecule has 0 aliphatic carbocycles. The average Bonchev–Trinajstić information content (AvgIpc) is 3.44. The van der Waals surface area contributed by atoms with Gasteiger partial charge in [-0.3, -0.25) is 9.36 Å². The van der Waals surface area contributed by atoms with E-state index in [1.807, 2.05) is 59.3 Å². The average molecular weight is 432 g/mol. The largest absolute Gasteiger partial charge is 0.324 e. The number of aromatic nitrogens is 3. The molecule has 0 bridgehead atoms. The van der Waals surface area contributed by atoms with Crippen molar-refractivity contribution in [2.45, 2.75) is 17.3 Å². The lowest BCUT2D eigenvalue weighted by molar-refractivity contribution is -0.115. The van der Waals surface area contributed by atoms with Gasteiger partial charge in [-0.25, -0.2) is 0 Å². The second-order valence-corrected chi connectivity index (χ2v) is 8.62. The Balaban J connectivity index is 1.61. The Bertz CT molecular complexity index is 1200. The van der Waals surface area contributed by atoms with E-state index in [4.69, 9.17) is 0 Å². The van der Waals surface area contributed by atoms with Gasteiger partial charge in [0, 0.05) is 5.69 Å². The molecule has 0 aliphatic rings. The molecule has 2 aromatic heterocycles. The lowest BCUT2D eigenvalue weighted by atomic mass is 10.2. The van der Waals surface area contributed by atoms with E-state index in [9.17, 15) is 10.1 Å². The van der Waals surface area contributed by atoms with Crippen molar-refractivity contribution in [1.82, 2.24) is 14.8 Å². The van der Waals surface area contributed by atoms with E-state index >= 15 is 0 Å². The number of nitriles is 1. The van der Waals surface area contributed by atoms with Crippen molar-refractivity contribution in [1.29, 1.82) is 5.26 Å². The zero-order valence-electron chi connectivity index (χ0n) is 16.0. The molecule has 1 atom stereocenters. The van der Waals surface area contributed by atoms with E-state index in [0.29, 0.717) is 16.4 Å². The van der Waals surface area contributed by atoms with Crippen LogP contribution in [0.3, 0.4) is 0 Å². The summed E-state index contributed by atoms with van der Waals surface area (Å²) < 4.78 is 1.96. The maximum Gasteiger partial charge on any atom is 0.237 e. The summed E-state index contributed by atoms with van der Waals surface area (Å²) in [6, 6.07) is 22.8. The van der Waals surface area contributed by atoms with Crippen LogP contribution in [0, 0.1) is 11.3 Å². The standard InChI is InChI=1S/C22H17N5OS2/c1-15(21(28)24-18-11-6-5-8-16(18)14-23)30-22-26-25-20(19-12-7-13-29-19)27(22)17-9-3-2-4-10-17/h2-13,15H,1H3,(H,24,28). The Hall–Kier alpha value is -3.41. The first-order chi connectivity index (χ1) is 14.7. The smallest absolute Gasteiger partial charge is 0.237 e. The molecule has 8 heteroatoms. The van der Waals surface area contributed by atoms with E-state index in [-0.39, 0.29) is 5.91 Å². The third kappa shape index (κ3) is 4.13. The fourth-order valence-electron chi connectivity index (χ4n) is 2.86. The molecule has 30 heavy (non-hydrogen) atoms. The number of rotatable bonds is 6. The van der Waals surface area contributed by atoms with Gasteiger partial charge in [0.25, 0.3) is 0 Å². The number of carbonyl (C=O) groups is 1. The van der Waals surface area contributed by atoms with Gasteiger partial charge in [0.1, 0.15) is 6.07 Å². The Morgan fingerprint density at radius 3 is 2.60 bits per heavy atom. The van der Waals surface area contributed by atoms with E-state index in [1.54, 1.807) is 35.6 Å². The molecule has 148 valence electrons. The number of thiophene rings is 1. The highest BCUT2D eigenvalue weighted by Gasteiger charge is 2.22. The van der Waals surface area contributed by atoms with Crippen LogP contribution in [-0.4, -0.2) is 25.9 Å². The number of hydrogen-bond donors (Lipinski definition) is 1. The number of hydrogen-bond acceptors (Lipinski definition) is 6. The van der Waals surface area contributed by atoms with Crippen molar-refractivity contribution in [3.63, 3.8) is 0 Å².